The number of amides is 1. The van der Waals surface area contributed by atoms with Gasteiger partial charge < -0.3 is 10.1 Å². The number of rotatable bonds is 6. The molecule has 31 heavy (non-hydrogen) atoms. The molecule has 0 unspecified atom stereocenters. The highest BCUT2D eigenvalue weighted by Gasteiger charge is 2.35. The number of carbonyl (C=O) groups is 2. The van der Waals surface area contributed by atoms with Gasteiger partial charge in [-0.15, -0.1) is 0 Å². The normalized spacial score (nSPS) is 14.3. The molecule has 0 aromatic heterocycles. The standard InChI is InChI=1S/C19H19N5O5S2/c1-2-29-16(25)11-24-14-9-5-3-7-12(14)17(18(24)26)22-23-19(30)21-13-8-4-6-10-15(13)31(20,27)28/h3-10H,2,11H2,1H3,(H2,20,27,28)(H2,21,23,30)/b22-17-. The van der Waals surface area contributed by atoms with Gasteiger partial charge in [0.25, 0.3) is 5.91 Å². The monoisotopic (exact) mass is 461 g/mol. The van der Waals surface area contributed by atoms with E-state index in [1.807, 2.05) is 0 Å². The highest BCUT2D eigenvalue weighted by molar-refractivity contribution is 7.89. The van der Waals surface area contributed by atoms with Crippen molar-refractivity contribution in [1.29, 1.82) is 0 Å². The number of ether oxygens (including phenoxy) is 1. The molecule has 3 rings (SSSR count). The Morgan fingerprint density at radius 3 is 2.58 bits per heavy atom. The number of benzene rings is 2. The van der Waals surface area contributed by atoms with Crippen molar-refractivity contribution in [3.63, 3.8) is 0 Å². The minimum absolute atomic E-state index is 0.0452. The molecule has 0 atom stereocenters. The molecule has 2 aromatic rings. The lowest BCUT2D eigenvalue weighted by atomic mass is 10.1. The van der Waals surface area contributed by atoms with E-state index < -0.39 is 21.9 Å². The largest absolute Gasteiger partial charge is 0.465 e. The molecular weight excluding hydrogens is 442 g/mol. The summed E-state index contributed by atoms with van der Waals surface area (Å²) in [5, 5.41) is 11.9. The van der Waals surface area contributed by atoms with Crippen LogP contribution in [0.2, 0.25) is 0 Å². The number of carbonyl (C=O) groups excluding carboxylic acids is 2. The van der Waals surface area contributed by atoms with Crippen LogP contribution < -0.4 is 20.8 Å². The second-order valence-electron chi connectivity index (χ2n) is 6.28. The predicted octanol–water partition coefficient (Wildman–Crippen LogP) is 0.934. The van der Waals surface area contributed by atoms with Gasteiger partial charge in [0.15, 0.2) is 10.8 Å². The Morgan fingerprint density at radius 1 is 1.19 bits per heavy atom. The zero-order valence-corrected chi connectivity index (χ0v) is 18.0. The summed E-state index contributed by atoms with van der Waals surface area (Å²) in [6.45, 7) is 1.62. The van der Waals surface area contributed by atoms with E-state index in [1.165, 1.54) is 23.1 Å². The van der Waals surface area contributed by atoms with Crippen molar-refractivity contribution in [3.8, 4) is 0 Å². The van der Waals surface area contributed by atoms with Crippen LogP contribution in [0.1, 0.15) is 12.5 Å². The summed E-state index contributed by atoms with van der Waals surface area (Å²) in [6, 6.07) is 12.8. The van der Waals surface area contributed by atoms with Crippen LogP contribution in [0.3, 0.4) is 0 Å². The number of thiocarbonyl (C=S) groups is 1. The third-order valence-electron chi connectivity index (χ3n) is 4.20. The molecule has 0 radical (unpaired) electrons. The van der Waals surface area contributed by atoms with Crippen molar-refractivity contribution in [1.82, 2.24) is 5.43 Å². The average molecular weight is 462 g/mol. The number of sulfonamides is 1. The van der Waals surface area contributed by atoms with E-state index in [1.54, 1.807) is 37.3 Å². The van der Waals surface area contributed by atoms with Crippen molar-refractivity contribution < 1.29 is 22.7 Å². The Morgan fingerprint density at radius 2 is 1.87 bits per heavy atom. The Kier molecular flexibility index (Phi) is 6.63. The molecule has 0 fully saturated rings. The van der Waals surface area contributed by atoms with Gasteiger partial charge in [0, 0.05) is 5.56 Å². The van der Waals surface area contributed by atoms with Crippen molar-refractivity contribution in [2.45, 2.75) is 11.8 Å². The maximum atomic E-state index is 12.8. The smallest absolute Gasteiger partial charge is 0.326 e. The molecule has 0 spiro atoms. The Hall–Kier alpha value is -3.35. The van der Waals surface area contributed by atoms with E-state index in [-0.39, 0.29) is 34.6 Å². The van der Waals surface area contributed by atoms with Gasteiger partial charge in [-0.2, -0.15) is 5.10 Å². The summed E-state index contributed by atoms with van der Waals surface area (Å²) in [4.78, 5) is 25.8. The summed E-state index contributed by atoms with van der Waals surface area (Å²) in [7, 11) is -3.97. The number of nitrogens with zero attached hydrogens (tertiary/aromatic N) is 2. The zero-order valence-electron chi connectivity index (χ0n) is 16.4. The van der Waals surface area contributed by atoms with Gasteiger partial charge >= 0.3 is 5.97 Å². The summed E-state index contributed by atoms with van der Waals surface area (Å²) in [5.41, 5.74) is 3.76. The molecule has 0 saturated heterocycles. The fourth-order valence-electron chi connectivity index (χ4n) is 2.94. The van der Waals surface area contributed by atoms with Crippen LogP contribution in [0.4, 0.5) is 11.4 Å². The van der Waals surface area contributed by atoms with Crippen molar-refractivity contribution >= 4 is 56.3 Å². The van der Waals surface area contributed by atoms with E-state index in [0.29, 0.717) is 11.3 Å². The van der Waals surface area contributed by atoms with Crippen LogP contribution in [0, 0.1) is 0 Å². The number of anilines is 2. The molecular formula is C19H19N5O5S2. The summed E-state index contributed by atoms with van der Waals surface area (Å²) < 4.78 is 28.4. The van der Waals surface area contributed by atoms with Crippen LogP contribution in [-0.4, -0.2) is 44.3 Å². The molecule has 1 amide bonds. The predicted molar refractivity (Wildman–Crippen MR) is 119 cm³/mol. The van der Waals surface area contributed by atoms with E-state index in [4.69, 9.17) is 22.1 Å². The van der Waals surface area contributed by atoms with Crippen molar-refractivity contribution in [2.24, 2.45) is 10.2 Å². The molecule has 1 aliphatic heterocycles. The molecule has 1 aliphatic rings. The van der Waals surface area contributed by atoms with Gasteiger partial charge in [-0.05, 0) is 37.3 Å². The van der Waals surface area contributed by atoms with E-state index in [0.717, 1.165) is 0 Å². The second-order valence-corrected chi connectivity index (χ2v) is 8.22. The first-order valence-corrected chi connectivity index (χ1v) is 11.0. The number of hydrogen-bond donors (Lipinski definition) is 3. The van der Waals surface area contributed by atoms with Crippen LogP contribution in [-0.2, 0) is 24.3 Å². The minimum Gasteiger partial charge on any atom is -0.465 e. The molecule has 10 nitrogen and oxygen atoms in total. The molecule has 1 heterocycles. The lowest BCUT2D eigenvalue weighted by Crippen LogP contribution is -2.36. The van der Waals surface area contributed by atoms with Gasteiger partial charge in [0.1, 0.15) is 11.4 Å². The molecule has 0 bridgehead atoms. The lowest BCUT2D eigenvalue weighted by Gasteiger charge is -2.15. The molecule has 0 saturated carbocycles. The third kappa shape index (κ3) is 5.05. The number of nitrogens with one attached hydrogen (secondary N) is 2. The fourth-order valence-corrected chi connectivity index (χ4v) is 3.79. The second kappa shape index (κ2) is 9.20. The number of hydrazone groups is 1. The molecule has 0 aliphatic carbocycles. The third-order valence-corrected chi connectivity index (χ3v) is 5.36. The molecule has 4 N–H and O–H groups in total. The molecule has 2 aromatic carbocycles. The summed E-state index contributed by atoms with van der Waals surface area (Å²) >= 11 is 5.16. The number of nitrogens with two attached hydrogens (primary N) is 1. The zero-order chi connectivity index (χ0) is 22.6. The maximum absolute atomic E-state index is 12.8. The number of hydrogen-bond acceptors (Lipinski definition) is 7. The Balaban J connectivity index is 1.80. The first-order valence-electron chi connectivity index (χ1n) is 9.05. The average Bonchev–Trinajstić information content (AvgIpc) is 2.97. The summed E-state index contributed by atoms with van der Waals surface area (Å²) in [5.74, 6) is -1.05. The van der Waals surface area contributed by atoms with Gasteiger partial charge in [-0.25, -0.2) is 13.6 Å². The number of primary sulfonamides is 1. The van der Waals surface area contributed by atoms with Gasteiger partial charge in [-0.1, -0.05) is 30.3 Å². The highest BCUT2D eigenvalue weighted by atomic mass is 32.2. The maximum Gasteiger partial charge on any atom is 0.326 e. The molecule has 162 valence electrons. The molecule has 12 heteroatoms. The van der Waals surface area contributed by atoms with E-state index in [2.05, 4.69) is 15.8 Å². The van der Waals surface area contributed by atoms with Gasteiger partial charge in [-0.3, -0.25) is 19.9 Å². The van der Waals surface area contributed by atoms with Gasteiger partial charge in [0.2, 0.25) is 10.0 Å². The first-order chi connectivity index (χ1) is 14.7. The topological polar surface area (TPSA) is 143 Å². The van der Waals surface area contributed by atoms with E-state index >= 15 is 0 Å². The quantitative estimate of drug-likeness (QED) is 0.328. The van der Waals surface area contributed by atoms with Crippen molar-refractivity contribution in [2.75, 3.05) is 23.4 Å². The van der Waals surface area contributed by atoms with Crippen LogP contribution in [0.15, 0.2) is 58.5 Å². The van der Waals surface area contributed by atoms with Gasteiger partial charge in [0.05, 0.1) is 18.0 Å². The highest BCUT2D eigenvalue weighted by Crippen LogP contribution is 2.28. The Labute approximate surface area is 184 Å². The van der Waals surface area contributed by atoms with Crippen LogP contribution in [0.5, 0.6) is 0 Å². The Bertz CT molecular complexity index is 1180. The minimum atomic E-state index is -3.97. The first kappa shape index (κ1) is 22.3. The van der Waals surface area contributed by atoms with Crippen LogP contribution >= 0.6 is 12.2 Å². The van der Waals surface area contributed by atoms with Crippen molar-refractivity contribution in [3.05, 3.63) is 54.1 Å². The van der Waals surface area contributed by atoms with Crippen LogP contribution in [0.25, 0.3) is 0 Å². The SMILES string of the molecule is CCOC(=O)CN1C(=O)/C(=N\NC(=S)Nc2ccccc2S(N)(=O)=O)c2ccccc21. The van der Waals surface area contributed by atoms with E-state index in [9.17, 15) is 18.0 Å². The summed E-state index contributed by atoms with van der Waals surface area (Å²) in [6.07, 6.45) is 0. The number of fused-ring (bicyclic) bond motifs is 1. The number of esters is 1. The lowest BCUT2D eigenvalue weighted by molar-refractivity contribution is -0.142. The number of para-hydroxylation sites is 2. The fraction of sp³-hybridized carbons (Fsp3) is 0.158.